The van der Waals surface area contributed by atoms with Gasteiger partial charge in [-0.3, -0.25) is 5.32 Å². The molecule has 0 saturated carbocycles. The molecule has 0 spiro atoms. The van der Waals surface area contributed by atoms with Gasteiger partial charge >= 0.3 is 12.0 Å². The molecule has 0 fully saturated rings. The van der Waals surface area contributed by atoms with Gasteiger partial charge in [-0.05, 0) is 20.3 Å². The van der Waals surface area contributed by atoms with Crippen LogP contribution in [0.15, 0.2) is 0 Å². The molecule has 1 unspecified atom stereocenters. The second-order valence-electron chi connectivity index (χ2n) is 4.09. The van der Waals surface area contributed by atoms with Crippen molar-refractivity contribution in [2.45, 2.75) is 39.2 Å². The predicted molar refractivity (Wildman–Crippen MR) is 67.7 cm³/mol. The quantitative estimate of drug-likeness (QED) is 0.755. The first kappa shape index (κ1) is 14.4. The minimum absolute atomic E-state index is 0.342. The van der Waals surface area contributed by atoms with Gasteiger partial charge in [-0.25, -0.2) is 9.59 Å². The minimum Gasteiger partial charge on any atom is -0.480 e. The van der Waals surface area contributed by atoms with Gasteiger partial charge < -0.3 is 10.4 Å². The van der Waals surface area contributed by atoms with Crippen LogP contribution in [0.3, 0.4) is 0 Å². The fourth-order valence-electron chi connectivity index (χ4n) is 1.45. The lowest BCUT2D eigenvalue weighted by Crippen LogP contribution is -2.53. The fourth-order valence-corrected chi connectivity index (χ4v) is 2.04. The van der Waals surface area contributed by atoms with Crippen molar-refractivity contribution < 1.29 is 14.7 Å². The summed E-state index contributed by atoms with van der Waals surface area (Å²) in [5, 5.41) is 22.6. The first-order chi connectivity index (χ1) is 8.37. The van der Waals surface area contributed by atoms with Crippen molar-refractivity contribution in [1.29, 1.82) is 0 Å². The maximum Gasteiger partial charge on any atom is 0.329 e. The first-order valence-electron chi connectivity index (χ1n) is 5.50. The number of nitrogens with zero attached hydrogens (tertiary/aromatic N) is 2. The molecule has 0 aromatic carbocycles. The third kappa shape index (κ3) is 3.66. The summed E-state index contributed by atoms with van der Waals surface area (Å²) in [6.45, 7) is 5.10. The molecule has 1 aromatic heterocycles. The number of aromatic nitrogens is 2. The third-order valence-electron chi connectivity index (χ3n) is 2.36. The SMILES string of the molecule is CCCC(C)(NC(=O)Nc1nnc(C)s1)C(=O)O. The number of carbonyl (C=O) groups is 2. The van der Waals surface area contributed by atoms with E-state index >= 15 is 0 Å². The second-order valence-corrected chi connectivity index (χ2v) is 5.27. The van der Waals surface area contributed by atoms with Gasteiger partial charge in [0.05, 0.1) is 0 Å². The molecule has 3 N–H and O–H groups in total. The fraction of sp³-hybridized carbons (Fsp3) is 0.600. The summed E-state index contributed by atoms with van der Waals surface area (Å²) < 4.78 is 0. The molecular formula is C10H16N4O3S. The van der Waals surface area contributed by atoms with Gasteiger partial charge in [0.15, 0.2) is 0 Å². The number of urea groups is 1. The predicted octanol–water partition coefficient (Wildman–Crippen LogP) is 1.61. The summed E-state index contributed by atoms with van der Waals surface area (Å²) in [5.41, 5.74) is -1.28. The number of aryl methyl sites for hydroxylation is 1. The maximum atomic E-state index is 11.7. The van der Waals surface area contributed by atoms with Crippen LogP contribution in [0, 0.1) is 6.92 Å². The maximum absolute atomic E-state index is 11.7. The zero-order chi connectivity index (χ0) is 13.8. The van der Waals surface area contributed by atoms with E-state index in [1.165, 1.54) is 18.3 Å². The van der Waals surface area contributed by atoms with Crippen LogP contribution in [0.5, 0.6) is 0 Å². The van der Waals surface area contributed by atoms with E-state index < -0.39 is 17.5 Å². The minimum atomic E-state index is -1.28. The Balaban J connectivity index is 2.65. The largest absolute Gasteiger partial charge is 0.480 e. The molecule has 8 heteroatoms. The monoisotopic (exact) mass is 272 g/mol. The molecule has 0 aliphatic heterocycles. The van der Waals surface area contributed by atoms with Crippen LogP contribution in [-0.2, 0) is 4.79 Å². The van der Waals surface area contributed by atoms with E-state index in [4.69, 9.17) is 5.11 Å². The van der Waals surface area contributed by atoms with Crippen LogP contribution in [0.1, 0.15) is 31.7 Å². The Morgan fingerprint density at radius 3 is 2.56 bits per heavy atom. The molecule has 18 heavy (non-hydrogen) atoms. The second kappa shape index (κ2) is 5.76. The molecule has 1 rings (SSSR count). The highest BCUT2D eigenvalue weighted by Crippen LogP contribution is 2.15. The Morgan fingerprint density at radius 2 is 2.11 bits per heavy atom. The molecule has 0 bridgehead atoms. The number of carbonyl (C=O) groups excluding carboxylic acids is 1. The van der Waals surface area contributed by atoms with E-state index in [9.17, 15) is 9.59 Å². The summed E-state index contributed by atoms with van der Waals surface area (Å²) in [4.78, 5) is 22.8. The molecule has 100 valence electrons. The van der Waals surface area contributed by atoms with E-state index in [1.807, 2.05) is 6.92 Å². The number of hydrogen-bond donors (Lipinski definition) is 3. The Bertz CT molecular complexity index is 448. The smallest absolute Gasteiger partial charge is 0.329 e. The normalized spacial score (nSPS) is 13.7. The molecule has 0 radical (unpaired) electrons. The van der Waals surface area contributed by atoms with Crippen LogP contribution in [-0.4, -0.2) is 32.8 Å². The number of amides is 2. The number of hydrogen-bond acceptors (Lipinski definition) is 5. The van der Waals surface area contributed by atoms with Crippen LogP contribution in [0.2, 0.25) is 0 Å². The molecule has 0 aliphatic rings. The van der Waals surface area contributed by atoms with Crippen molar-refractivity contribution in [2.75, 3.05) is 5.32 Å². The lowest BCUT2D eigenvalue weighted by atomic mass is 9.97. The zero-order valence-electron chi connectivity index (χ0n) is 10.5. The number of anilines is 1. The van der Waals surface area contributed by atoms with Crippen molar-refractivity contribution in [1.82, 2.24) is 15.5 Å². The van der Waals surface area contributed by atoms with Crippen LogP contribution < -0.4 is 10.6 Å². The summed E-state index contributed by atoms with van der Waals surface area (Å²) in [6.07, 6.45) is 1.01. The lowest BCUT2D eigenvalue weighted by Gasteiger charge is -2.25. The molecule has 1 aromatic rings. The van der Waals surface area contributed by atoms with Gasteiger partial charge in [0.1, 0.15) is 10.5 Å². The van der Waals surface area contributed by atoms with E-state index in [-0.39, 0.29) is 0 Å². The summed E-state index contributed by atoms with van der Waals surface area (Å²) in [6, 6.07) is -0.593. The Morgan fingerprint density at radius 1 is 1.44 bits per heavy atom. The van der Waals surface area contributed by atoms with Crippen LogP contribution >= 0.6 is 11.3 Å². The van der Waals surface area contributed by atoms with E-state index in [0.717, 1.165) is 5.01 Å². The van der Waals surface area contributed by atoms with Crippen molar-refractivity contribution in [3.05, 3.63) is 5.01 Å². The molecule has 2 amide bonds. The average molecular weight is 272 g/mol. The zero-order valence-corrected chi connectivity index (χ0v) is 11.3. The number of nitrogens with one attached hydrogen (secondary N) is 2. The first-order valence-corrected chi connectivity index (χ1v) is 6.31. The van der Waals surface area contributed by atoms with Gasteiger partial charge in [0, 0.05) is 0 Å². The van der Waals surface area contributed by atoms with Crippen LogP contribution in [0.25, 0.3) is 0 Å². The van der Waals surface area contributed by atoms with E-state index in [1.54, 1.807) is 6.92 Å². The number of carboxylic acids is 1. The van der Waals surface area contributed by atoms with Gasteiger partial charge in [-0.2, -0.15) is 0 Å². The highest BCUT2D eigenvalue weighted by atomic mass is 32.1. The van der Waals surface area contributed by atoms with Gasteiger partial charge in [-0.1, -0.05) is 24.7 Å². The molecule has 0 aliphatic carbocycles. The highest BCUT2D eigenvalue weighted by Gasteiger charge is 2.33. The summed E-state index contributed by atoms with van der Waals surface area (Å²) >= 11 is 1.22. The average Bonchev–Trinajstić information content (AvgIpc) is 2.63. The topological polar surface area (TPSA) is 104 Å². The van der Waals surface area contributed by atoms with Crippen molar-refractivity contribution in [3.8, 4) is 0 Å². The molecular weight excluding hydrogens is 256 g/mol. The van der Waals surface area contributed by atoms with Crippen LogP contribution in [0.4, 0.5) is 9.93 Å². The Kier molecular flexibility index (Phi) is 4.60. The number of carboxylic acid groups (broad SMARTS) is 1. The molecule has 1 heterocycles. The third-order valence-corrected chi connectivity index (χ3v) is 3.11. The van der Waals surface area contributed by atoms with Gasteiger partial charge in [0.25, 0.3) is 0 Å². The van der Waals surface area contributed by atoms with Gasteiger partial charge in [0.2, 0.25) is 5.13 Å². The standard InChI is InChI=1S/C10H16N4O3S/c1-4-5-10(3,7(15)16)12-8(17)11-9-14-13-6(2)18-9/h4-5H2,1-3H3,(H,15,16)(H2,11,12,14,17). The number of aliphatic carboxylic acids is 1. The van der Waals surface area contributed by atoms with Crippen molar-refractivity contribution in [2.24, 2.45) is 0 Å². The lowest BCUT2D eigenvalue weighted by molar-refractivity contribution is -0.143. The summed E-state index contributed by atoms with van der Waals surface area (Å²) in [7, 11) is 0. The molecule has 0 saturated heterocycles. The van der Waals surface area contributed by atoms with Crippen molar-refractivity contribution >= 4 is 28.5 Å². The summed E-state index contributed by atoms with van der Waals surface area (Å²) in [5.74, 6) is -1.06. The Labute approximate surface area is 109 Å². The van der Waals surface area contributed by atoms with E-state index in [2.05, 4.69) is 20.8 Å². The molecule has 1 atom stereocenters. The van der Waals surface area contributed by atoms with E-state index in [0.29, 0.717) is 18.0 Å². The van der Waals surface area contributed by atoms with Gasteiger partial charge in [-0.15, -0.1) is 10.2 Å². The Hall–Kier alpha value is -1.70. The highest BCUT2D eigenvalue weighted by molar-refractivity contribution is 7.15. The number of rotatable bonds is 5. The van der Waals surface area contributed by atoms with Crippen molar-refractivity contribution in [3.63, 3.8) is 0 Å². The molecule has 7 nitrogen and oxygen atoms in total.